The molecule has 1 aliphatic carbocycles. The maximum Gasteiger partial charge on any atom is 0.191 e. The first-order valence-electron chi connectivity index (χ1n) is 7.93. The average molecular weight is 503 g/mol. The van der Waals surface area contributed by atoms with Crippen molar-refractivity contribution >= 4 is 45.9 Å². The Morgan fingerprint density at radius 2 is 2.00 bits per heavy atom. The number of rotatable bonds is 5. The molecule has 1 saturated carbocycles. The van der Waals surface area contributed by atoms with Crippen LogP contribution < -0.4 is 10.6 Å². The highest BCUT2D eigenvalue weighted by atomic mass is 127. The lowest BCUT2D eigenvalue weighted by Gasteiger charge is -2.20. The van der Waals surface area contributed by atoms with Gasteiger partial charge in [-0.2, -0.15) is 0 Å². The van der Waals surface area contributed by atoms with E-state index in [1.807, 2.05) is 14.1 Å². The van der Waals surface area contributed by atoms with E-state index in [1.165, 1.54) is 28.4 Å². The number of halogens is 2. The molecule has 0 aliphatic heterocycles. The minimum absolute atomic E-state index is 0. The molecule has 3 rings (SSSR count). The number of nitrogens with zero attached hydrogens (tertiary/aromatic N) is 2. The first-order chi connectivity index (χ1) is 11.1. The molecule has 2 N–H and O–H groups in total. The van der Waals surface area contributed by atoms with Gasteiger partial charge in [-0.3, -0.25) is 4.99 Å². The van der Waals surface area contributed by atoms with Crippen LogP contribution in [0.1, 0.15) is 24.0 Å². The fourth-order valence-electron chi connectivity index (χ4n) is 2.91. The number of hydrogen-bond donors (Lipinski definition) is 2. The Morgan fingerprint density at radius 1 is 1.25 bits per heavy atom. The molecular weight excluding hydrogens is 479 g/mol. The summed E-state index contributed by atoms with van der Waals surface area (Å²) in [6.07, 6.45) is 6.61. The Hall–Kier alpha value is -1.02. The summed E-state index contributed by atoms with van der Waals surface area (Å²) in [7, 11) is 3.85. The van der Waals surface area contributed by atoms with Crippen LogP contribution in [-0.4, -0.2) is 24.1 Å². The van der Waals surface area contributed by atoms with Crippen molar-refractivity contribution in [1.29, 1.82) is 0 Å². The normalized spacial score (nSPS) is 15.5. The maximum absolute atomic E-state index is 4.33. The van der Waals surface area contributed by atoms with Gasteiger partial charge in [-0.15, -0.1) is 24.0 Å². The maximum atomic E-state index is 4.33. The molecule has 1 aromatic carbocycles. The lowest BCUT2D eigenvalue weighted by molar-refractivity contribution is 0.643. The highest BCUT2D eigenvalue weighted by Gasteiger charge is 2.45. The number of aryl methyl sites for hydroxylation is 1. The first-order valence-corrected chi connectivity index (χ1v) is 8.73. The van der Waals surface area contributed by atoms with Crippen molar-refractivity contribution in [3.63, 3.8) is 0 Å². The van der Waals surface area contributed by atoms with Gasteiger partial charge in [0, 0.05) is 49.5 Å². The Morgan fingerprint density at radius 3 is 2.58 bits per heavy atom. The van der Waals surface area contributed by atoms with Crippen LogP contribution in [-0.2, 0) is 19.0 Å². The summed E-state index contributed by atoms with van der Waals surface area (Å²) < 4.78 is 3.26. The quantitative estimate of drug-likeness (QED) is 0.371. The largest absolute Gasteiger partial charge is 0.357 e. The predicted molar refractivity (Wildman–Crippen MR) is 114 cm³/mol. The zero-order valence-electron chi connectivity index (χ0n) is 14.1. The summed E-state index contributed by atoms with van der Waals surface area (Å²) >= 11 is 3.68. The number of aromatic nitrogens is 1. The van der Waals surface area contributed by atoms with Crippen LogP contribution in [0.4, 0.5) is 0 Å². The summed E-state index contributed by atoms with van der Waals surface area (Å²) in [5.74, 6) is 0.854. The van der Waals surface area contributed by atoms with Gasteiger partial charge < -0.3 is 15.2 Å². The Kier molecular flexibility index (Phi) is 6.74. The fourth-order valence-corrected chi connectivity index (χ4v) is 3.61. The second-order valence-electron chi connectivity index (χ2n) is 6.22. The lowest BCUT2D eigenvalue weighted by Crippen LogP contribution is -2.40. The minimum Gasteiger partial charge on any atom is -0.357 e. The molecule has 0 radical (unpaired) electrons. The molecule has 24 heavy (non-hydrogen) atoms. The van der Waals surface area contributed by atoms with Gasteiger partial charge in [0.05, 0.1) is 0 Å². The van der Waals surface area contributed by atoms with Crippen LogP contribution in [0, 0.1) is 0 Å². The van der Waals surface area contributed by atoms with E-state index in [-0.39, 0.29) is 29.4 Å². The standard InChI is InChI=1S/C18H23BrN4.HI/c1-20-17(21-11-14-7-10-23(2)12-14)22-13-18(8-9-18)15-5-3-4-6-16(15)19;/h3-7,10,12H,8-9,11,13H2,1-2H3,(H2,20,21,22);1H. The highest BCUT2D eigenvalue weighted by Crippen LogP contribution is 2.49. The van der Waals surface area contributed by atoms with Gasteiger partial charge in [0.15, 0.2) is 5.96 Å². The van der Waals surface area contributed by atoms with Crippen molar-refractivity contribution in [3.05, 3.63) is 58.3 Å². The summed E-state index contributed by atoms with van der Waals surface area (Å²) in [5, 5.41) is 6.87. The summed E-state index contributed by atoms with van der Waals surface area (Å²) in [4.78, 5) is 4.33. The van der Waals surface area contributed by atoms with Gasteiger partial charge in [0.25, 0.3) is 0 Å². The second-order valence-corrected chi connectivity index (χ2v) is 7.08. The number of hydrogen-bond acceptors (Lipinski definition) is 1. The third-order valence-corrected chi connectivity index (χ3v) is 5.16. The van der Waals surface area contributed by atoms with Gasteiger partial charge in [0.2, 0.25) is 0 Å². The fraction of sp³-hybridized carbons (Fsp3) is 0.389. The Labute approximate surface area is 169 Å². The van der Waals surface area contributed by atoms with Crippen LogP contribution in [0.25, 0.3) is 0 Å². The second kappa shape index (κ2) is 8.38. The van der Waals surface area contributed by atoms with Gasteiger partial charge in [-0.1, -0.05) is 34.1 Å². The molecule has 2 aromatic rings. The van der Waals surface area contributed by atoms with Crippen molar-refractivity contribution < 1.29 is 0 Å². The SMILES string of the molecule is CN=C(NCc1ccn(C)c1)NCC1(c2ccccc2Br)CC1.I. The van der Waals surface area contributed by atoms with E-state index >= 15 is 0 Å². The van der Waals surface area contributed by atoms with Crippen molar-refractivity contribution in [2.45, 2.75) is 24.8 Å². The number of nitrogens with one attached hydrogen (secondary N) is 2. The van der Waals surface area contributed by atoms with E-state index in [4.69, 9.17) is 0 Å². The molecule has 4 nitrogen and oxygen atoms in total. The average Bonchev–Trinajstić information content (AvgIpc) is 3.22. The molecule has 1 heterocycles. The zero-order chi connectivity index (χ0) is 16.3. The predicted octanol–water partition coefficient (Wildman–Crippen LogP) is 3.80. The molecule has 1 aromatic heterocycles. The van der Waals surface area contributed by atoms with E-state index < -0.39 is 0 Å². The zero-order valence-corrected chi connectivity index (χ0v) is 18.0. The van der Waals surface area contributed by atoms with Crippen molar-refractivity contribution in [2.24, 2.45) is 12.0 Å². The van der Waals surface area contributed by atoms with E-state index in [0.717, 1.165) is 19.0 Å². The molecule has 0 spiro atoms. The van der Waals surface area contributed by atoms with Crippen LogP contribution >= 0.6 is 39.9 Å². The topological polar surface area (TPSA) is 41.4 Å². The van der Waals surface area contributed by atoms with Crippen molar-refractivity contribution in [3.8, 4) is 0 Å². The smallest absolute Gasteiger partial charge is 0.191 e. The summed E-state index contributed by atoms with van der Waals surface area (Å²) in [6.45, 7) is 1.69. The third-order valence-electron chi connectivity index (χ3n) is 4.47. The van der Waals surface area contributed by atoms with Gasteiger partial charge in [0.1, 0.15) is 0 Å². The van der Waals surface area contributed by atoms with E-state index in [2.05, 4.69) is 78.8 Å². The molecule has 0 amide bonds. The van der Waals surface area contributed by atoms with Gasteiger partial charge >= 0.3 is 0 Å². The molecule has 6 heteroatoms. The van der Waals surface area contributed by atoms with Crippen molar-refractivity contribution in [2.75, 3.05) is 13.6 Å². The third kappa shape index (κ3) is 4.53. The number of aliphatic imine (C=N–C) groups is 1. The molecular formula is C18H24BrIN4. The monoisotopic (exact) mass is 502 g/mol. The molecule has 0 unspecified atom stereocenters. The van der Waals surface area contributed by atoms with Crippen LogP contribution in [0.5, 0.6) is 0 Å². The lowest BCUT2D eigenvalue weighted by atomic mass is 9.96. The Bertz CT molecular complexity index is 707. The number of benzene rings is 1. The van der Waals surface area contributed by atoms with Crippen LogP contribution in [0.2, 0.25) is 0 Å². The van der Waals surface area contributed by atoms with E-state index in [1.54, 1.807) is 0 Å². The molecule has 130 valence electrons. The van der Waals surface area contributed by atoms with Gasteiger partial charge in [-0.25, -0.2) is 0 Å². The number of guanidine groups is 1. The molecule has 0 bridgehead atoms. The minimum atomic E-state index is 0. The van der Waals surface area contributed by atoms with E-state index in [9.17, 15) is 0 Å². The first kappa shape index (κ1) is 19.3. The molecule has 1 fully saturated rings. The Balaban J connectivity index is 0.00000208. The van der Waals surface area contributed by atoms with E-state index in [0.29, 0.717) is 0 Å². The van der Waals surface area contributed by atoms with Crippen molar-refractivity contribution in [1.82, 2.24) is 15.2 Å². The van der Waals surface area contributed by atoms with Gasteiger partial charge in [-0.05, 0) is 36.1 Å². The van der Waals surface area contributed by atoms with Crippen LogP contribution in [0.15, 0.2) is 52.2 Å². The summed E-state index contributed by atoms with van der Waals surface area (Å²) in [5.41, 5.74) is 2.89. The molecule has 1 aliphatic rings. The highest BCUT2D eigenvalue weighted by molar-refractivity contribution is 14.0. The molecule has 0 saturated heterocycles. The summed E-state index contributed by atoms with van der Waals surface area (Å²) in [6, 6.07) is 10.6. The molecule has 0 atom stereocenters. The van der Waals surface area contributed by atoms with Crippen LogP contribution in [0.3, 0.4) is 0 Å².